The second-order valence-electron chi connectivity index (χ2n) is 3.36. The van der Waals surface area contributed by atoms with Crippen molar-refractivity contribution < 1.29 is 0 Å². The van der Waals surface area contributed by atoms with Gasteiger partial charge in [-0.3, -0.25) is 0 Å². The van der Waals surface area contributed by atoms with E-state index in [0.717, 1.165) is 6.42 Å². The van der Waals surface area contributed by atoms with Crippen LogP contribution in [0.4, 0.5) is 0 Å². The summed E-state index contributed by atoms with van der Waals surface area (Å²) in [5, 5.41) is 0. The van der Waals surface area contributed by atoms with E-state index in [1.807, 2.05) is 11.3 Å². The maximum Gasteiger partial charge on any atom is 0.0415 e. The highest BCUT2D eigenvalue weighted by Gasteiger charge is 2.13. The van der Waals surface area contributed by atoms with E-state index in [-0.39, 0.29) is 6.04 Å². The number of aryl methyl sites for hydroxylation is 1. The predicted molar refractivity (Wildman–Crippen MR) is 55.4 cm³/mol. The SMILES string of the molecule is CCC(C)[C@H](N)c1ccc(C)s1. The van der Waals surface area contributed by atoms with Crippen LogP contribution >= 0.6 is 11.3 Å². The zero-order valence-corrected chi connectivity index (χ0v) is 8.82. The van der Waals surface area contributed by atoms with Gasteiger partial charge in [-0.25, -0.2) is 0 Å². The molecule has 2 atom stereocenters. The number of nitrogens with two attached hydrogens (primary N) is 1. The number of rotatable bonds is 3. The van der Waals surface area contributed by atoms with Gasteiger partial charge in [0, 0.05) is 15.8 Å². The highest BCUT2D eigenvalue weighted by atomic mass is 32.1. The average Bonchev–Trinajstić information content (AvgIpc) is 2.49. The van der Waals surface area contributed by atoms with Crippen molar-refractivity contribution in [3.63, 3.8) is 0 Å². The van der Waals surface area contributed by atoms with Crippen LogP contribution in [0.15, 0.2) is 12.1 Å². The monoisotopic (exact) mass is 183 g/mol. The van der Waals surface area contributed by atoms with Crippen LogP contribution in [0.25, 0.3) is 0 Å². The summed E-state index contributed by atoms with van der Waals surface area (Å²) in [4.78, 5) is 2.67. The van der Waals surface area contributed by atoms with Gasteiger partial charge in [0.15, 0.2) is 0 Å². The first kappa shape index (κ1) is 9.75. The van der Waals surface area contributed by atoms with E-state index in [4.69, 9.17) is 5.73 Å². The van der Waals surface area contributed by atoms with Gasteiger partial charge in [-0.2, -0.15) is 0 Å². The van der Waals surface area contributed by atoms with Gasteiger partial charge in [0.25, 0.3) is 0 Å². The molecule has 0 amide bonds. The van der Waals surface area contributed by atoms with Crippen LogP contribution in [0.5, 0.6) is 0 Å². The number of hydrogen-bond acceptors (Lipinski definition) is 2. The second-order valence-corrected chi connectivity index (χ2v) is 4.68. The Bertz CT molecular complexity index is 242. The molecule has 1 nitrogen and oxygen atoms in total. The first-order chi connectivity index (χ1) is 5.65. The smallest absolute Gasteiger partial charge is 0.0415 e. The normalized spacial score (nSPS) is 16.0. The Hall–Kier alpha value is -0.340. The second kappa shape index (κ2) is 4.06. The van der Waals surface area contributed by atoms with Gasteiger partial charge in [0.2, 0.25) is 0 Å². The molecular weight excluding hydrogens is 166 g/mol. The molecule has 0 saturated carbocycles. The Kier molecular flexibility index (Phi) is 3.29. The van der Waals surface area contributed by atoms with E-state index in [1.165, 1.54) is 9.75 Å². The van der Waals surface area contributed by atoms with E-state index < -0.39 is 0 Å². The predicted octanol–water partition coefficient (Wildman–Crippen LogP) is 3.10. The lowest BCUT2D eigenvalue weighted by Crippen LogP contribution is -2.16. The maximum absolute atomic E-state index is 6.07. The van der Waals surface area contributed by atoms with Crippen molar-refractivity contribution in [3.8, 4) is 0 Å². The molecule has 0 saturated heterocycles. The van der Waals surface area contributed by atoms with Gasteiger partial charge in [0.05, 0.1) is 0 Å². The quantitative estimate of drug-likeness (QED) is 0.765. The number of thiophene rings is 1. The van der Waals surface area contributed by atoms with Gasteiger partial charge < -0.3 is 5.73 Å². The Morgan fingerprint density at radius 2 is 2.17 bits per heavy atom. The summed E-state index contributed by atoms with van der Waals surface area (Å²) >= 11 is 1.81. The molecule has 1 aromatic rings. The van der Waals surface area contributed by atoms with Crippen molar-refractivity contribution in [2.75, 3.05) is 0 Å². The van der Waals surface area contributed by atoms with Gasteiger partial charge >= 0.3 is 0 Å². The first-order valence-electron chi connectivity index (χ1n) is 4.47. The van der Waals surface area contributed by atoms with Crippen LogP contribution < -0.4 is 5.73 Å². The van der Waals surface area contributed by atoms with E-state index in [9.17, 15) is 0 Å². The highest BCUT2D eigenvalue weighted by Crippen LogP contribution is 2.27. The molecule has 0 aliphatic carbocycles. The lowest BCUT2D eigenvalue weighted by Gasteiger charge is -2.16. The minimum atomic E-state index is 0.230. The zero-order chi connectivity index (χ0) is 9.14. The fourth-order valence-electron chi connectivity index (χ4n) is 1.17. The summed E-state index contributed by atoms with van der Waals surface area (Å²) in [6.45, 7) is 6.52. The van der Waals surface area contributed by atoms with Crippen LogP contribution in [0.2, 0.25) is 0 Å². The summed E-state index contributed by atoms with van der Waals surface area (Å²) in [5.74, 6) is 0.586. The molecule has 2 N–H and O–H groups in total. The summed E-state index contributed by atoms with van der Waals surface area (Å²) in [6.07, 6.45) is 1.15. The van der Waals surface area contributed by atoms with Crippen molar-refractivity contribution in [2.45, 2.75) is 33.2 Å². The van der Waals surface area contributed by atoms with Crippen LogP contribution in [0.3, 0.4) is 0 Å². The lowest BCUT2D eigenvalue weighted by atomic mass is 9.99. The highest BCUT2D eigenvalue weighted by molar-refractivity contribution is 7.12. The van der Waals surface area contributed by atoms with Gasteiger partial charge in [-0.05, 0) is 25.0 Å². The van der Waals surface area contributed by atoms with Crippen molar-refractivity contribution in [2.24, 2.45) is 11.7 Å². The topological polar surface area (TPSA) is 26.0 Å². The van der Waals surface area contributed by atoms with Gasteiger partial charge in [0.1, 0.15) is 0 Å². The van der Waals surface area contributed by atoms with Crippen LogP contribution in [0, 0.1) is 12.8 Å². The third kappa shape index (κ3) is 2.08. The van der Waals surface area contributed by atoms with Crippen LogP contribution in [-0.2, 0) is 0 Å². The van der Waals surface area contributed by atoms with E-state index in [0.29, 0.717) is 5.92 Å². The standard InChI is InChI=1S/C10H17NS/c1-4-7(2)10(11)9-6-5-8(3)12-9/h5-7,10H,4,11H2,1-3H3/t7?,10-/m0/s1. The van der Waals surface area contributed by atoms with Crippen molar-refractivity contribution in [3.05, 3.63) is 21.9 Å². The first-order valence-corrected chi connectivity index (χ1v) is 5.28. The molecule has 12 heavy (non-hydrogen) atoms. The van der Waals surface area contributed by atoms with Crippen molar-refractivity contribution in [1.82, 2.24) is 0 Å². The average molecular weight is 183 g/mol. The Balaban J connectivity index is 2.70. The van der Waals surface area contributed by atoms with Gasteiger partial charge in [-0.15, -0.1) is 11.3 Å². The molecule has 0 spiro atoms. The van der Waals surface area contributed by atoms with Crippen molar-refractivity contribution in [1.29, 1.82) is 0 Å². The molecule has 0 fully saturated rings. The Morgan fingerprint density at radius 3 is 2.58 bits per heavy atom. The molecule has 1 unspecified atom stereocenters. The molecule has 1 aromatic heterocycles. The molecule has 2 heteroatoms. The Labute approximate surface area is 78.6 Å². The molecule has 1 rings (SSSR count). The van der Waals surface area contributed by atoms with E-state index in [2.05, 4.69) is 32.9 Å². The third-order valence-electron chi connectivity index (χ3n) is 2.35. The van der Waals surface area contributed by atoms with Crippen molar-refractivity contribution >= 4 is 11.3 Å². The molecule has 0 bridgehead atoms. The lowest BCUT2D eigenvalue weighted by molar-refractivity contribution is 0.462. The molecule has 0 radical (unpaired) electrons. The fraction of sp³-hybridized carbons (Fsp3) is 0.600. The van der Waals surface area contributed by atoms with Crippen LogP contribution in [-0.4, -0.2) is 0 Å². The summed E-state index contributed by atoms with van der Waals surface area (Å²) in [7, 11) is 0. The third-order valence-corrected chi connectivity index (χ3v) is 3.45. The Morgan fingerprint density at radius 1 is 1.50 bits per heavy atom. The molecule has 0 aliphatic heterocycles. The molecule has 0 aromatic carbocycles. The maximum atomic E-state index is 6.07. The number of hydrogen-bond donors (Lipinski definition) is 1. The molecule has 0 aliphatic rings. The molecular formula is C10H17NS. The van der Waals surface area contributed by atoms with Gasteiger partial charge in [-0.1, -0.05) is 20.3 Å². The summed E-state index contributed by atoms with van der Waals surface area (Å²) in [5.41, 5.74) is 6.07. The molecule has 68 valence electrons. The summed E-state index contributed by atoms with van der Waals surface area (Å²) < 4.78 is 0. The minimum absolute atomic E-state index is 0.230. The van der Waals surface area contributed by atoms with Crippen LogP contribution in [0.1, 0.15) is 36.1 Å². The summed E-state index contributed by atoms with van der Waals surface area (Å²) in [6, 6.07) is 4.52. The zero-order valence-electron chi connectivity index (χ0n) is 8.00. The largest absolute Gasteiger partial charge is 0.323 e. The fourth-order valence-corrected chi connectivity index (χ4v) is 2.18. The minimum Gasteiger partial charge on any atom is -0.323 e. The molecule has 1 heterocycles. The van der Waals surface area contributed by atoms with E-state index >= 15 is 0 Å². The van der Waals surface area contributed by atoms with E-state index in [1.54, 1.807) is 0 Å².